The van der Waals surface area contributed by atoms with Gasteiger partial charge < -0.3 is 9.64 Å². The minimum Gasteiger partial charge on any atom is -0.438 e. The summed E-state index contributed by atoms with van der Waals surface area (Å²) in [7, 11) is 0. The van der Waals surface area contributed by atoms with Crippen LogP contribution in [0.4, 0.5) is 13.2 Å². The van der Waals surface area contributed by atoms with Gasteiger partial charge >= 0.3 is 12.1 Å². The van der Waals surface area contributed by atoms with E-state index in [9.17, 15) is 22.8 Å². The highest BCUT2D eigenvalue weighted by Crippen LogP contribution is 2.41. The van der Waals surface area contributed by atoms with E-state index in [4.69, 9.17) is 0 Å². The Hall–Kier alpha value is -2.09. The summed E-state index contributed by atoms with van der Waals surface area (Å²) in [5.41, 5.74) is 2.56. The van der Waals surface area contributed by atoms with Gasteiger partial charge in [0.1, 0.15) is 0 Å². The predicted octanol–water partition coefficient (Wildman–Crippen LogP) is 1.97. The first-order valence-corrected chi connectivity index (χ1v) is 8.29. The third kappa shape index (κ3) is 2.99. The van der Waals surface area contributed by atoms with Crippen molar-refractivity contribution in [3.05, 3.63) is 34.9 Å². The number of halogens is 3. The van der Waals surface area contributed by atoms with Gasteiger partial charge in [0.2, 0.25) is 0 Å². The van der Waals surface area contributed by atoms with Crippen LogP contribution in [0.25, 0.3) is 0 Å². The lowest BCUT2D eigenvalue weighted by Crippen LogP contribution is -2.63. The molecule has 1 aromatic carbocycles. The van der Waals surface area contributed by atoms with Gasteiger partial charge in [-0.1, -0.05) is 12.1 Å². The van der Waals surface area contributed by atoms with E-state index in [-0.39, 0.29) is 12.5 Å². The van der Waals surface area contributed by atoms with Crippen molar-refractivity contribution < 1.29 is 27.5 Å². The molecule has 25 heavy (non-hydrogen) atoms. The second kappa shape index (κ2) is 5.72. The van der Waals surface area contributed by atoms with E-state index < -0.39 is 24.4 Å². The first kappa shape index (κ1) is 16.4. The van der Waals surface area contributed by atoms with Crippen molar-refractivity contribution in [2.75, 3.05) is 13.1 Å². The van der Waals surface area contributed by atoms with Gasteiger partial charge in [0, 0.05) is 18.7 Å². The third-order valence-electron chi connectivity index (χ3n) is 5.01. The lowest BCUT2D eigenvalue weighted by Gasteiger charge is -2.44. The average Bonchev–Trinajstić information content (AvgIpc) is 3.39. The molecular formula is C17H17F3N2O3. The highest BCUT2D eigenvalue weighted by molar-refractivity contribution is 5.97. The van der Waals surface area contributed by atoms with E-state index in [1.807, 2.05) is 12.1 Å². The van der Waals surface area contributed by atoms with Gasteiger partial charge in [-0.25, -0.2) is 4.79 Å². The summed E-state index contributed by atoms with van der Waals surface area (Å²) in [6.07, 6.45) is -3.61. The minimum atomic E-state index is -5.06. The summed E-state index contributed by atoms with van der Waals surface area (Å²) in [5, 5.41) is 2.79. The van der Waals surface area contributed by atoms with Crippen LogP contribution in [0.3, 0.4) is 0 Å². The number of amides is 1. The zero-order valence-corrected chi connectivity index (χ0v) is 13.3. The molecule has 2 aliphatic heterocycles. The van der Waals surface area contributed by atoms with Crippen LogP contribution in [0.1, 0.15) is 40.2 Å². The van der Waals surface area contributed by atoms with E-state index in [1.165, 1.54) is 4.90 Å². The number of fused-ring (bicyclic) bond motifs is 2. The maximum absolute atomic E-state index is 12.7. The van der Waals surface area contributed by atoms with Gasteiger partial charge in [0.05, 0.1) is 6.04 Å². The summed E-state index contributed by atoms with van der Waals surface area (Å²) < 4.78 is 42.1. The molecule has 2 fully saturated rings. The molecule has 1 saturated heterocycles. The second-order valence-electron chi connectivity index (χ2n) is 6.74. The maximum Gasteiger partial charge on any atom is 0.490 e. The Morgan fingerprint density at radius 2 is 2.04 bits per heavy atom. The first-order chi connectivity index (χ1) is 11.8. The second-order valence-corrected chi connectivity index (χ2v) is 6.74. The van der Waals surface area contributed by atoms with Crippen molar-refractivity contribution in [1.29, 1.82) is 0 Å². The summed E-state index contributed by atoms with van der Waals surface area (Å²) in [6, 6.07) is 5.10. The number of carbonyl (C=O) groups excluding carboxylic acids is 2. The number of hydrogen-bond donors (Lipinski definition) is 1. The quantitative estimate of drug-likeness (QED) is 0.825. The van der Waals surface area contributed by atoms with Crippen molar-refractivity contribution in [2.45, 2.75) is 43.6 Å². The number of rotatable bonds is 2. The van der Waals surface area contributed by atoms with Gasteiger partial charge in [-0.2, -0.15) is 13.2 Å². The number of nitrogens with one attached hydrogen (secondary N) is 1. The number of nitrogens with zero attached hydrogens (tertiary/aromatic N) is 1. The number of alkyl halides is 3. The zero-order valence-electron chi connectivity index (χ0n) is 13.3. The SMILES string of the molecule is O=C1c2ccc(C3CC3)cc2CC2C(OC(=O)C(F)(F)F)NCCN12. The Balaban J connectivity index is 1.60. The van der Waals surface area contributed by atoms with Crippen LogP contribution in [-0.2, 0) is 16.0 Å². The van der Waals surface area contributed by atoms with E-state index in [0.29, 0.717) is 24.4 Å². The normalized spacial score (nSPS) is 26.0. The van der Waals surface area contributed by atoms with Crippen molar-refractivity contribution in [3.63, 3.8) is 0 Å². The van der Waals surface area contributed by atoms with Gasteiger partial charge in [0.15, 0.2) is 6.23 Å². The molecule has 3 aliphatic rings. The van der Waals surface area contributed by atoms with Crippen molar-refractivity contribution >= 4 is 11.9 Å². The monoisotopic (exact) mass is 354 g/mol. The van der Waals surface area contributed by atoms with Crippen LogP contribution < -0.4 is 5.32 Å². The third-order valence-corrected chi connectivity index (χ3v) is 5.01. The standard InChI is InChI=1S/C17H17F3N2O3/c18-17(19,20)16(24)25-14-13-8-11-7-10(9-1-2-9)3-4-12(11)15(23)22(13)6-5-21-14/h3-4,7,9,13-14,21H,1-2,5-6,8H2. The highest BCUT2D eigenvalue weighted by atomic mass is 19.4. The van der Waals surface area contributed by atoms with Gasteiger partial charge in [-0.15, -0.1) is 0 Å². The molecule has 0 radical (unpaired) electrons. The lowest BCUT2D eigenvalue weighted by molar-refractivity contribution is -0.210. The van der Waals surface area contributed by atoms with E-state index in [0.717, 1.165) is 24.0 Å². The Labute approximate surface area is 142 Å². The number of esters is 1. The molecule has 1 saturated carbocycles. The molecule has 2 unspecified atom stereocenters. The summed E-state index contributed by atoms with van der Waals surface area (Å²) in [6.45, 7) is 0.640. The van der Waals surface area contributed by atoms with E-state index in [1.54, 1.807) is 6.07 Å². The Morgan fingerprint density at radius 3 is 2.72 bits per heavy atom. The van der Waals surface area contributed by atoms with E-state index >= 15 is 0 Å². The topological polar surface area (TPSA) is 58.6 Å². The molecular weight excluding hydrogens is 337 g/mol. The van der Waals surface area contributed by atoms with Crippen molar-refractivity contribution in [3.8, 4) is 0 Å². The molecule has 2 atom stereocenters. The van der Waals surface area contributed by atoms with Gasteiger partial charge in [-0.3, -0.25) is 10.1 Å². The minimum absolute atomic E-state index is 0.219. The zero-order chi connectivity index (χ0) is 17.8. The molecule has 5 nitrogen and oxygen atoms in total. The fourth-order valence-electron chi connectivity index (χ4n) is 3.61. The smallest absolute Gasteiger partial charge is 0.438 e. The van der Waals surface area contributed by atoms with Crippen LogP contribution in [0.15, 0.2) is 18.2 Å². The number of hydrogen-bond acceptors (Lipinski definition) is 4. The summed E-state index contributed by atoms with van der Waals surface area (Å²) in [5.74, 6) is -1.94. The molecule has 1 aliphatic carbocycles. The van der Waals surface area contributed by atoms with Crippen LogP contribution in [0.2, 0.25) is 0 Å². The molecule has 1 amide bonds. The molecule has 1 aromatic rings. The molecule has 0 spiro atoms. The van der Waals surface area contributed by atoms with Crippen molar-refractivity contribution in [2.24, 2.45) is 0 Å². The molecule has 1 N–H and O–H groups in total. The summed E-state index contributed by atoms with van der Waals surface area (Å²) >= 11 is 0. The Kier molecular flexibility index (Phi) is 3.75. The maximum atomic E-state index is 12.7. The highest BCUT2D eigenvalue weighted by Gasteiger charge is 2.47. The van der Waals surface area contributed by atoms with E-state index in [2.05, 4.69) is 10.1 Å². The van der Waals surface area contributed by atoms with Crippen molar-refractivity contribution in [1.82, 2.24) is 10.2 Å². The Bertz CT molecular complexity index is 730. The molecule has 4 rings (SSSR count). The fraction of sp³-hybridized carbons (Fsp3) is 0.529. The number of ether oxygens (including phenoxy) is 1. The van der Waals surface area contributed by atoms with Crippen LogP contribution in [0, 0.1) is 0 Å². The van der Waals surface area contributed by atoms with Crippen LogP contribution >= 0.6 is 0 Å². The number of carbonyl (C=O) groups is 2. The first-order valence-electron chi connectivity index (χ1n) is 8.29. The largest absolute Gasteiger partial charge is 0.490 e. The molecule has 8 heteroatoms. The fourth-order valence-corrected chi connectivity index (χ4v) is 3.61. The number of piperazine rings is 1. The van der Waals surface area contributed by atoms with Crippen LogP contribution in [0.5, 0.6) is 0 Å². The summed E-state index contributed by atoms with van der Waals surface area (Å²) in [4.78, 5) is 25.4. The van der Waals surface area contributed by atoms with Gasteiger partial charge in [0.25, 0.3) is 5.91 Å². The number of benzene rings is 1. The molecule has 0 bridgehead atoms. The van der Waals surface area contributed by atoms with Crippen LogP contribution in [-0.4, -0.2) is 48.3 Å². The Morgan fingerprint density at radius 1 is 1.28 bits per heavy atom. The van der Waals surface area contributed by atoms with Gasteiger partial charge in [-0.05, 0) is 42.4 Å². The molecule has 2 heterocycles. The molecule has 0 aromatic heterocycles. The predicted molar refractivity (Wildman–Crippen MR) is 80.9 cm³/mol. The average molecular weight is 354 g/mol. The molecule has 134 valence electrons. The lowest BCUT2D eigenvalue weighted by atomic mass is 9.89.